The second-order valence-corrected chi connectivity index (χ2v) is 6.35. The van der Waals surface area contributed by atoms with Gasteiger partial charge in [-0.05, 0) is 42.3 Å². The van der Waals surface area contributed by atoms with Gasteiger partial charge >= 0.3 is 5.97 Å². The van der Waals surface area contributed by atoms with E-state index in [2.05, 4.69) is 4.98 Å². The Kier molecular flexibility index (Phi) is 6.14. The van der Waals surface area contributed by atoms with Gasteiger partial charge in [-0.3, -0.25) is 0 Å². The monoisotopic (exact) mass is 385 g/mol. The Morgan fingerprint density at radius 1 is 1.30 bits per heavy atom. The Balaban J connectivity index is 1.97. The van der Waals surface area contributed by atoms with Gasteiger partial charge in [0.15, 0.2) is 5.58 Å². The summed E-state index contributed by atoms with van der Waals surface area (Å²) in [6, 6.07) is 10.8. The molecule has 0 aliphatic carbocycles. The molecule has 0 spiro atoms. The molecule has 27 heavy (non-hydrogen) atoms. The first-order valence-corrected chi connectivity index (χ1v) is 9.08. The van der Waals surface area contributed by atoms with Gasteiger partial charge in [0, 0.05) is 11.1 Å². The summed E-state index contributed by atoms with van der Waals surface area (Å²) in [6.45, 7) is 2.45. The number of esters is 1. The summed E-state index contributed by atoms with van der Waals surface area (Å²) in [6.07, 6.45) is 4.88. The van der Waals surface area contributed by atoms with Crippen molar-refractivity contribution in [3.8, 4) is 17.2 Å². The second kappa shape index (κ2) is 8.73. The Morgan fingerprint density at radius 2 is 2.15 bits per heavy atom. The first-order valence-electron chi connectivity index (χ1n) is 8.70. The number of nitrogens with zero attached hydrogens (tertiary/aromatic N) is 1. The number of hydrogen-bond acceptors (Lipinski definition) is 5. The smallest absolute Gasteiger partial charge is 0.330 e. The van der Waals surface area contributed by atoms with E-state index >= 15 is 0 Å². The van der Waals surface area contributed by atoms with Crippen LogP contribution in [0.15, 0.2) is 46.9 Å². The third-order valence-electron chi connectivity index (χ3n) is 3.98. The van der Waals surface area contributed by atoms with Crippen LogP contribution in [0.5, 0.6) is 5.75 Å². The lowest BCUT2D eigenvalue weighted by Crippen LogP contribution is -2.01. The molecule has 1 heterocycles. The minimum Gasteiger partial charge on any atom is -0.496 e. The minimum absolute atomic E-state index is 0.387. The van der Waals surface area contributed by atoms with E-state index < -0.39 is 0 Å². The molecule has 0 unspecified atom stereocenters. The average Bonchev–Trinajstić information content (AvgIpc) is 3.08. The quantitative estimate of drug-likeness (QED) is 0.304. The molecule has 0 N–H and O–H groups in total. The van der Waals surface area contributed by atoms with Crippen LogP contribution in [0.3, 0.4) is 0 Å². The maximum absolute atomic E-state index is 11.9. The number of aromatic nitrogens is 1. The lowest BCUT2D eigenvalue weighted by atomic mass is 10.1. The van der Waals surface area contributed by atoms with Gasteiger partial charge in [-0.2, -0.15) is 0 Å². The van der Waals surface area contributed by atoms with E-state index in [1.54, 1.807) is 31.4 Å². The fourth-order valence-corrected chi connectivity index (χ4v) is 2.78. The molecule has 3 aromatic rings. The van der Waals surface area contributed by atoms with Crippen molar-refractivity contribution < 1.29 is 18.7 Å². The molecule has 0 radical (unpaired) electrons. The van der Waals surface area contributed by atoms with Crippen molar-refractivity contribution in [3.05, 3.63) is 53.1 Å². The predicted octanol–water partition coefficient (Wildman–Crippen LogP) is 5.51. The molecule has 0 saturated carbocycles. The molecule has 2 aromatic carbocycles. The van der Waals surface area contributed by atoms with E-state index in [4.69, 9.17) is 25.5 Å². The van der Waals surface area contributed by atoms with E-state index in [0.717, 1.165) is 18.4 Å². The molecule has 0 fully saturated rings. The highest BCUT2D eigenvalue weighted by atomic mass is 35.5. The zero-order valence-electron chi connectivity index (χ0n) is 15.2. The Hall–Kier alpha value is -2.79. The van der Waals surface area contributed by atoms with Crippen LogP contribution in [-0.2, 0) is 9.53 Å². The third-order valence-corrected chi connectivity index (χ3v) is 4.22. The largest absolute Gasteiger partial charge is 0.496 e. The highest BCUT2D eigenvalue weighted by Gasteiger charge is 2.17. The normalized spacial score (nSPS) is 11.2. The van der Waals surface area contributed by atoms with Gasteiger partial charge in [0.25, 0.3) is 0 Å². The van der Waals surface area contributed by atoms with E-state index in [-0.39, 0.29) is 5.97 Å². The number of fused-ring (bicyclic) bond motifs is 1. The van der Waals surface area contributed by atoms with E-state index in [9.17, 15) is 4.79 Å². The summed E-state index contributed by atoms with van der Waals surface area (Å²) < 4.78 is 16.5. The number of hydrogen-bond donors (Lipinski definition) is 0. The first-order chi connectivity index (χ1) is 13.1. The lowest BCUT2D eigenvalue weighted by molar-refractivity contribution is -0.137. The van der Waals surface area contributed by atoms with Crippen molar-refractivity contribution in [1.82, 2.24) is 4.98 Å². The van der Waals surface area contributed by atoms with Gasteiger partial charge in [0.2, 0.25) is 5.89 Å². The summed E-state index contributed by atoms with van der Waals surface area (Å²) in [5.74, 6) is 0.597. The molecular formula is C21H20ClNO4. The molecule has 0 aliphatic heterocycles. The van der Waals surface area contributed by atoms with Gasteiger partial charge in [-0.15, -0.1) is 0 Å². The SMILES string of the molecule is CCCCOC(=O)/C=C/c1cccc(OC)c1-c1nc2cc(Cl)ccc2o1. The molecule has 5 nitrogen and oxygen atoms in total. The zero-order chi connectivity index (χ0) is 19.2. The van der Waals surface area contributed by atoms with Gasteiger partial charge in [-0.25, -0.2) is 9.78 Å². The fourth-order valence-electron chi connectivity index (χ4n) is 2.62. The van der Waals surface area contributed by atoms with Crippen LogP contribution >= 0.6 is 11.6 Å². The van der Waals surface area contributed by atoms with Gasteiger partial charge in [0.05, 0.1) is 19.3 Å². The molecule has 6 heteroatoms. The lowest BCUT2D eigenvalue weighted by Gasteiger charge is -2.08. The van der Waals surface area contributed by atoms with Crippen LogP contribution < -0.4 is 4.74 Å². The van der Waals surface area contributed by atoms with E-state index in [0.29, 0.717) is 39.9 Å². The average molecular weight is 386 g/mol. The number of oxazole rings is 1. The maximum Gasteiger partial charge on any atom is 0.330 e. The summed E-state index contributed by atoms with van der Waals surface area (Å²) in [7, 11) is 1.57. The molecule has 3 rings (SSSR count). The standard InChI is InChI=1S/C21H20ClNO4/c1-3-4-12-26-19(24)11-8-14-6-5-7-18(25-2)20(14)21-23-16-13-15(22)9-10-17(16)27-21/h5-11,13H,3-4,12H2,1-2H3/b11-8+. The highest BCUT2D eigenvalue weighted by Crippen LogP contribution is 2.35. The third kappa shape index (κ3) is 4.49. The van der Waals surface area contributed by atoms with E-state index in [1.807, 2.05) is 25.1 Å². The summed E-state index contributed by atoms with van der Waals surface area (Å²) >= 11 is 6.03. The fraction of sp³-hybridized carbons (Fsp3) is 0.238. The first kappa shape index (κ1) is 19.0. The minimum atomic E-state index is -0.387. The Bertz CT molecular complexity index is 977. The topological polar surface area (TPSA) is 61.6 Å². The summed E-state index contributed by atoms with van der Waals surface area (Å²) in [5.41, 5.74) is 2.66. The summed E-state index contributed by atoms with van der Waals surface area (Å²) in [5, 5.41) is 0.581. The number of rotatable bonds is 7. The second-order valence-electron chi connectivity index (χ2n) is 5.91. The van der Waals surface area contributed by atoms with Crippen LogP contribution in [0.25, 0.3) is 28.6 Å². The number of ether oxygens (including phenoxy) is 2. The van der Waals surface area contributed by atoms with Crippen molar-refractivity contribution in [2.45, 2.75) is 19.8 Å². The number of carbonyl (C=O) groups excluding carboxylic acids is 1. The molecule has 1 aromatic heterocycles. The molecule has 0 amide bonds. The summed E-state index contributed by atoms with van der Waals surface area (Å²) in [4.78, 5) is 16.4. The molecule has 140 valence electrons. The van der Waals surface area contributed by atoms with Crippen LogP contribution in [0.4, 0.5) is 0 Å². The number of halogens is 1. The molecular weight excluding hydrogens is 366 g/mol. The van der Waals surface area contributed by atoms with Gasteiger partial charge < -0.3 is 13.9 Å². The number of methoxy groups -OCH3 is 1. The molecule has 0 saturated heterocycles. The van der Waals surface area contributed by atoms with Crippen LogP contribution in [0.1, 0.15) is 25.3 Å². The predicted molar refractivity (Wildman–Crippen MR) is 106 cm³/mol. The van der Waals surface area contributed by atoms with Crippen LogP contribution in [0.2, 0.25) is 5.02 Å². The Morgan fingerprint density at radius 3 is 2.93 bits per heavy atom. The molecule has 0 aliphatic rings. The molecule has 0 bridgehead atoms. The zero-order valence-corrected chi connectivity index (χ0v) is 16.0. The van der Waals surface area contributed by atoms with Crippen molar-refractivity contribution in [3.63, 3.8) is 0 Å². The highest BCUT2D eigenvalue weighted by molar-refractivity contribution is 6.31. The number of unbranched alkanes of at least 4 members (excludes halogenated alkanes) is 1. The Labute approximate surface area is 162 Å². The van der Waals surface area contributed by atoms with Gasteiger partial charge in [0.1, 0.15) is 11.3 Å². The molecule has 0 atom stereocenters. The van der Waals surface area contributed by atoms with Gasteiger partial charge in [-0.1, -0.05) is 37.1 Å². The van der Waals surface area contributed by atoms with Crippen LogP contribution in [-0.4, -0.2) is 24.7 Å². The van der Waals surface area contributed by atoms with Crippen molar-refractivity contribution >= 4 is 34.7 Å². The number of carbonyl (C=O) groups is 1. The maximum atomic E-state index is 11.9. The van der Waals surface area contributed by atoms with Crippen molar-refractivity contribution in [2.75, 3.05) is 13.7 Å². The van der Waals surface area contributed by atoms with Crippen molar-refractivity contribution in [1.29, 1.82) is 0 Å². The van der Waals surface area contributed by atoms with E-state index in [1.165, 1.54) is 6.08 Å². The van der Waals surface area contributed by atoms with Crippen LogP contribution in [0, 0.1) is 0 Å². The van der Waals surface area contributed by atoms with Crippen molar-refractivity contribution in [2.24, 2.45) is 0 Å². The number of benzene rings is 2.